The van der Waals surface area contributed by atoms with Gasteiger partial charge in [0.1, 0.15) is 6.23 Å². The van der Waals surface area contributed by atoms with E-state index in [1.165, 1.54) is 12.8 Å². The Kier molecular flexibility index (Phi) is 3.83. The van der Waals surface area contributed by atoms with Gasteiger partial charge in [0, 0.05) is 26.2 Å². The van der Waals surface area contributed by atoms with E-state index in [-0.39, 0.29) is 6.23 Å². The van der Waals surface area contributed by atoms with Crippen molar-refractivity contribution in [3.05, 3.63) is 0 Å². The van der Waals surface area contributed by atoms with Crippen LogP contribution in [0.25, 0.3) is 0 Å². The first-order chi connectivity index (χ1) is 5.38. The van der Waals surface area contributed by atoms with E-state index < -0.39 is 0 Å². The fraction of sp³-hybridized carbons (Fsp3) is 1.00. The van der Waals surface area contributed by atoms with Crippen LogP contribution in [0, 0.1) is 0 Å². The van der Waals surface area contributed by atoms with Crippen molar-refractivity contribution in [3.8, 4) is 0 Å². The molecule has 0 spiro atoms. The number of nitrogens with zero attached hydrogens (tertiary/aromatic N) is 1. The molecule has 0 aromatic carbocycles. The molecular formula is C8H18N2O. The SMILES string of the molecule is CCOC(CN)N1CCCC1. The highest BCUT2D eigenvalue weighted by Crippen LogP contribution is 2.11. The highest BCUT2D eigenvalue weighted by atomic mass is 16.5. The van der Waals surface area contributed by atoms with Crippen molar-refractivity contribution in [2.24, 2.45) is 5.73 Å². The minimum atomic E-state index is 0.169. The number of likely N-dealkylation sites (tertiary alicyclic amines) is 1. The molecule has 1 heterocycles. The summed E-state index contributed by atoms with van der Waals surface area (Å²) < 4.78 is 5.48. The molecule has 3 heteroatoms. The topological polar surface area (TPSA) is 38.5 Å². The van der Waals surface area contributed by atoms with E-state index in [2.05, 4.69) is 4.90 Å². The maximum absolute atomic E-state index is 5.57. The summed E-state index contributed by atoms with van der Waals surface area (Å²) in [5, 5.41) is 0. The van der Waals surface area contributed by atoms with Crippen molar-refractivity contribution >= 4 is 0 Å². The maximum Gasteiger partial charge on any atom is 0.122 e. The van der Waals surface area contributed by atoms with Gasteiger partial charge in [-0.3, -0.25) is 4.90 Å². The van der Waals surface area contributed by atoms with Gasteiger partial charge < -0.3 is 10.5 Å². The number of nitrogens with two attached hydrogens (primary N) is 1. The third-order valence-corrected chi connectivity index (χ3v) is 2.11. The number of hydrogen-bond donors (Lipinski definition) is 1. The zero-order valence-electron chi connectivity index (χ0n) is 7.25. The molecule has 66 valence electrons. The summed E-state index contributed by atoms with van der Waals surface area (Å²) in [4.78, 5) is 2.32. The molecule has 1 aliphatic heterocycles. The second-order valence-corrected chi connectivity index (χ2v) is 2.89. The monoisotopic (exact) mass is 158 g/mol. The third-order valence-electron chi connectivity index (χ3n) is 2.11. The van der Waals surface area contributed by atoms with Gasteiger partial charge in [-0.1, -0.05) is 0 Å². The lowest BCUT2D eigenvalue weighted by Crippen LogP contribution is -2.40. The lowest BCUT2D eigenvalue weighted by Gasteiger charge is -2.25. The van der Waals surface area contributed by atoms with Gasteiger partial charge in [0.2, 0.25) is 0 Å². The smallest absolute Gasteiger partial charge is 0.122 e. The van der Waals surface area contributed by atoms with Crippen molar-refractivity contribution in [2.45, 2.75) is 26.0 Å². The Hall–Kier alpha value is -0.120. The molecule has 0 radical (unpaired) electrons. The Bertz CT molecular complexity index is 102. The van der Waals surface area contributed by atoms with Crippen molar-refractivity contribution in [2.75, 3.05) is 26.2 Å². The Morgan fingerprint density at radius 1 is 1.45 bits per heavy atom. The van der Waals surface area contributed by atoms with E-state index in [9.17, 15) is 0 Å². The quantitative estimate of drug-likeness (QED) is 0.643. The van der Waals surface area contributed by atoms with Gasteiger partial charge in [-0.15, -0.1) is 0 Å². The van der Waals surface area contributed by atoms with Crippen LogP contribution in [-0.4, -0.2) is 37.4 Å². The van der Waals surface area contributed by atoms with Crippen LogP contribution in [0.4, 0.5) is 0 Å². The van der Waals surface area contributed by atoms with Crippen molar-refractivity contribution in [3.63, 3.8) is 0 Å². The average Bonchev–Trinajstić information content (AvgIpc) is 2.52. The van der Waals surface area contributed by atoms with Crippen LogP contribution in [0.15, 0.2) is 0 Å². The lowest BCUT2D eigenvalue weighted by molar-refractivity contribution is -0.0366. The Balaban J connectivity index is 2.27. The van der Waals surface area contributed by atoms with Crippen LogP contribution in [0.5, 0.6) is 0 Å². The summed E-state index contributed by atoms with van der Waals surface area (Å²) >= 11 is 0. The van der Waals surface area contributed by atoms with Gasteiger partial charge in [0.25, 0.3) is 0 Å². The molecule has 0 amide bonds. The van der Waals surface area contributed by atoms with E-state index in [4.69, 9.17) is 10.5 Å². The standard InChI is InChI=1S/C8H18N2O/c1-2-11-8(7-9)10-5-3-4-6-10/h8H,2-7,9H2,1H3. The van der Waals surface area contributed by atoms with Crippen LogP contribution in [0.3, 0.4) is 0 Å². The summed E-state index contributed by atoms with van der Waals surface area (Å²) in [6.07, 6.45) is 2.76. The Morgan fingerprint density at radius 2 is 2.09 bits per heavy atom. The normalized spacial score (nSPS) is 22.4. The molecule has 0 aliphatic carbocycles. The molecule has 3 nitrogen and oxygen atoms in total. The largest absolute Gasteiger partial charge is 0.362 e. The van der Waals surface area contributed by atoms with E-state index in [1.807, 2.05) is 6.92 Å². The highest BCUT2D eigenvalue weighted by molar-refractivity contribution is 4.70. The van der Waals surface area contributed by atoms with Crippen LogP contribution >= 0.6 is 0 Å². The molecule has 0 aromatic heterocycles. The zero-order valence-corrected chi connectivity index (χ0v) is 7.25. The number of hydrogen-bond acceptors (Lipinski definition) is 3. The van der Waals surface area contributed by atoms with Crippen molar-refractivity contribution in [1.82, 2.24) is 4.90 Å². The molecule has 1 unspecified atom stereocenters. The summed E-state index contributed by atoms with van der Waals surface area (Å²) in [6, 6.07) is 0. The Labute approximate surface area is 68.5 Å². The van der Waals surface area contributed by atoms with Crippen molar-refractivity contribution < 1.29 is 4.74 Å². The predicted molar refractivity (Wildman–Crippen MR) is 45.3 cm³/mol. The molecule has 0 bridgehead atoms. The van der Waals surface area contributed by atoms with Crippen LogP contribution in [0.2, 0.25) is 0 Å². The first-order valence-electron chi connectivity index (χ1n) is 4.44. The van der Waals surface area contributed by atoms with E-state index in [0.29, 0.717) is 6.54 Å². The Morgan fingerprint density at radius 3 is 2.55 bits per heavy atom. The molecule has 1 rings (SSSR count). The van der Waals surface area contributed by atoms with E-state index >= 15 is 0 Å². The van der Waals surface area contributed by atoms with Gasteiger partial charge in [-0.2, -0.15) is 0 Å². The summed E-state index contributed by atoms with van der Waals surface area (Å²) in [5.74, 6) is 0. The third kappa shape index (κ3) is 2.43. The first kappa shape index (κ1) is 8.97. The minimum absolute atomic E-state index is 0.169. The van der Waals surface area contributed by atoms with Gasteiger partial charge in [0.15, 0.2) is 0 Å². The molecule has 1 atom stereocenters. The number of rotatable bonds is 4. The lowest BCUT2D eigenvalue weighted by atomic mass is 10.4. The molecule has 1 fully saturated rings. The van der Waals surface area contributed by atoms with Gasteiger partial charge in [-0.05, 0) is 19.8 Å². The molecule has 1 saturated heterocycles. The molecule has 0 saturated carbocycles. The maximum atomic E-state index is 5.57. The summed E-state index contributed by atoms with van der Waals surface area (Å²) in [6.45, 7) is 5.70. The van der Waals surface area contributed by atoms with Gasteiger partial charge >= 0.3 is 0 Å². The zero-order chi connectivity index (χ0) is 8.10. The molecule has 1 aliphatic rings. The predicted octanol–water partition coefficient (Wildman–Crippen LogP) is 0.403. The molecule has 0 aromatic rings. The summed E-state index contributed by atoms with van der Waals surface area (Å²) in [5.41, 5.74) is 5.57. The van der Waals surface area contributed by atoms with Gasteiger partial charge in [0.05, 0.1) is 0 Å². The molecule has 11 heavy (non-hydrogen) atoms. The average molecular weight is 158 g/mol. The fourth-order valence-corrected chi connectivity index (χ4v) is 1.54. The van der Waals surface area contributed by atoms with Crippen molar-refractivity contribution in [1.29, 1.82) is 0 Å². The van der Waals surface area contributed by atoms with E-state index in [0.717, 1.165) is 19.7 Å². The highest BCUT2D eigenvalue weighted by Gasteiger charge is 2.20. The fourth-order valence-electron chi connectivity index (χ4n) is 1.54. The summed E-state index contributed by atoms with van der Waals surface area (Å²) in [7, 11) is 0. The van der Waals surface area contributed by atoms with Crippen LogP contribution in [-0.2, 0) is 4.74 Å². The molecular weight excluding hydrogens is 140 g/mol. The van der Waals surface area contributed by atoms with Crippen LogP contribution in [0.1, 0.15) is 19.8 Å². The number of ether oxygens (including phenoxy) is 1. The second-order valence-electron chi connectivity index (χ2n) is 2.89. The first-order valence-corrected chi connectivity index (χ1v) is 4.44. The van der Waals surface area contributed by atoms with E-state index in [1.54, 1.807) is 0 Å². The molecule has 2 N–H and O–H groups in total. The van der Waals surface area contributed by atoms with Crippen LogP contribution < -0.4 is 5.73 Å². The second kappa shape index (κ2) is 4.70. The van der Waals surface area contributed by atoms with Gasteiger partial charge in [-0.25, -0.2) is 0 Å². The minimum Gasteiger partial charge on any atom is -0.362 e.